The average molecular weight is 457 g/mol. The maximum Gasteiger partial charge on any atom is 0.422 e. The third-order valence-corrected chi connectivity index (χ3v) is 4.92. The number of nitrogens with one attached hydrogen (secondary N) is 1. The molecule has 1 N–H and O–H groups in total. The molecule has 0 aromatic heterocycles. The highest BCUT2D eigenvalue weighted by Gasteiger charge is 2.31. The fourth-order valence-corrected chi connectivity index (χ4v) is 3.61. The van der Waals surface area contributed by atoms with Crippen LogP contribution < -0.4 is 15.5 Å². The van der Waals surface area contributed by atoms with Gasteiger partial charge in [0.15, 0.2) is 23.9 Å². The molecule has 7 nitrogen and oxygen atoms in total. The second kappa shape index (κ2) is 9.97. The van der Waals surface area contributed by atoms with Gasteiger partial charge in [-0.15, -0.1) is 0 Å². The lowest BCUT2D eigenvalue weighted by molar-refractivity contribution is -0.153. The summed E-state index contributed by atoms with van der Waals surface area (Å²) in [6, 6.07) is 1.98. The number of rotatable bonds is 6. The molecule has 0 fully saturated rings. The van der Waals surface area contributed by atoms with Crippen LogP contribution in [-0.2, 0) is 19.0 Å². The molecule has 0 saturated heterocycles. The summed E-state index contributed by atoms with van der Waals surface area (Å²) in [7, 11) is 4.30. The molecule has 2 rings (SSSR count). The predicted octanol–water partition coefficient (Wildman–Crippen LogP) is 3.76. The van der Waals surface area contributed by atoms with E-state index in [9.17, 15) is 22.8 Å². The summed E-state index contributed by atoms with van der Waals surface area (Å²) in [5.41, 5.74) is 0.857. The van der Waals surface area contributed by atoms with Gasteiger partial charge in [-0.05, 0) is 42.7 Å². The third-order valence-electron chi connectivity index (χ3n) is 4.92. The summed E-state index contributed by atoms with van der Waals surface area (Å²) in [4.78, 5) is 24.8. The first-order valence-electron chi connectivity index (χ1n) is 9.65. The number of hydrogen-bond donors (Lipinski definition) is 1. The minimum atomic E-state index is -4.61. The molecule has 0 saturated carbocycles. The predicted molar refractivity (Wildman–Crippen MR) is 111 cm³/mol. The molecule has 0 heterocycles. The normalized spacial score (nSPS) is 21.1. The number of alkyl halides is 3. The van der Waals surface area contributed by atoms with Crippen LogP contribution in [0, 0.1) is 6.92 Å². The lowest BCUT2D eigenvalue weighted by atomic mass is 9.91. The van der Waals surface area contributed by atoms with E-state index >= 15 is 0 Å². The molecule has 1 aliphatic rings. The Morgan fingerprint density at radius 1 is 1.09 bits per heavy atom. The highest BCUT2D eigenvalue weighted by molar-refractivity contribution is 5.76. The van der Waals surface area contributed by atoms with Crippen LogP contribution in [0.4, 0.5) is 13.2 Å². The number of ether oxygens (including phenoxy) is 4. The van der Waals surface area contributed by atoms with Crippen LogP contribution in [0.2, 0.25) is 0 Å². The Hall–Kier alpha value is -3.17. The SMILES string of the molecule is CO/C1=C(OC)/C(OC)=C(\C)c2cc(C)c(OCC(F)(F)F)c(=O)cc2[C@@H](NC(C)=O)C1. The minimum absolute atomic E-state index is 0.105. The molecule has 1 amide bonds. The van der Waals surface area contributed by atoms with E-state index in [0.717, 1.165) is 0 Å². The molecule has 1 aromatic rings. The molecule has 10 heteroatoms. The summed E-state index contributed by atoms with van der Waals surface area (Å²) in [5.74, 6) is 0.191. The fraction of sp³-hybridized carbons (Fsp3) is 0.455. The quantitative estimate of drug-likeness (QED) is 0.701. The molecular formula is C22H26F3NO6. The van der Waals surface area contributed by atoms with Gasteiger partial charge in [0.05, 0.1) is 27.4 Å². The summed E-state index contributed by atoms with van der Waals surface area (Å²) >= 11 is 0. The first kappa shape index (κ1) is 25.1. The lowest BCUT2D eigenvalue weighted by Gasteiger charge is -2.26. The average Bonchev–Trinajstić information content (AvgIpc) is 2.81. The van der Waals surface area contributed by atoms with Crippen LogP contribution in [0.3, 0.4) is 0 Å². The van der Waals surface area contributed by atoms with E-state index in [1.807, 2.05) is 0 Å². The van der Waals surface area contributed by atoms with E-state index in [-0.39, 0.29) is 17.9 Å². The molecule has 1 aromatic carbocycles. The van der Waals surface area contributed by atoms with Crippen LogP contribution >= 0.6 is 0 Å². The molecule has 0 bridgehead atoms. The maximum absolute atomic E-state index is 12.9. The van der Waals surface area contributed by atoms with Gasteiger partial charge in [-0.1, -0.05) is 0 Å². The lowest BCUT2D eigenvalue weighted by Crippen LogP contribution is -2.29. The van der Waals surface area contributed by atoms with Crippen LogP contribution in [0.25, 0.3) is 5.57 Å². The van der Waals surface area contributed by atoms with Gasteiger partial charge in [-0.2, -0.15) is 13.2 Å². The number of aryl methyl sites for hydroxylation is 1. The van der Waals surface area contributed by atoms with E-state index < -0.39 is 30.0 Å². The van der Waals surface area contributed by atoms with Crippen molar-refractivity contribution in [2.45, 2.75) is 39.4 Å². The van der Waals surface area contributed by atoms with Crippen LogP contribution in [0.1, 0.15) is 43.0 Å². The van der Waals surface area contributed by atoms with Crippen LogP contribution in [0.15, 0.2) is 34.2 Å². The second-order valence-electron chi connectivity index (χ2n) is 7.21. The van der Waals surface area contributed by atoms with E-state index in [0.29, 0.717) is 34.0 Å². The number of halogens is 3. The molecule has 0 spiro atoms. The minimum Gasteiger partial charge on any atom is -0.497 e. The van der Waals surface area contributed by atoms with Crippen LogP contribution in [-0.4, -0.2) is 40.0 Å². The van der Waals surface area contributed by atoms with Gasteiger partial charge in [0.25, 0.3) is 0 Å². The first-order valence-corrected chi connectivity index (χ1v) is 9.65. The summed E-state index contributed by atoms with van der Waals surface area (Å²) in [5, 5.41) is 2.77. The summed E-state index contributed by atoms with van der Waals surface area (Å²) in [6.45, 7) is 2.90. The number of fused-ring (bicyclic) bond motifs is 1. The summed E-state index contributed by atoms with van der Waals surface area (Å²) < 4.78 is 59.5. The number of carbonyl (C=O) groups excluding carboxylic acids is 1. The number of allylic oxidation sites excluding steroid dienone is 1. The first-order chi connectivity index (χ1) is 14.9. The monoisotopic (exact) mass is 457 g/mol. The Labute approximate surface area is 183 Å². The number of amides is 1. The maximum atomic E-state index is 12.9. The molecule has 0 unspecified atom stereocenters. The third kappa shape index (κ3) is 5.54. The molecule has 0 radical (unpaired) electrons. The van der Waals surface area contributed by atoms with E-state index in [2.05, 4.69) is 5.32 Å². The van der Waals surface area contributed by atoms with Gasteiger partial charge in [-0.25, -0.2) is 0 Å². The standard InChI is InChI=1S/C22H26F3NO6/c1-11-7-14-12(2)20(30-5)21(31-6)18(29-4)9-16(26-13(3)27)15(14)8-17(28)19(11)32-10-22(23,24)25/h7-8,16H,9-10H2,1-6H3,(H,26,27)/b20-12-,21-18-/t16-/m0/s1. The smallest absolute Gasteiger partial charge is 0.422 e. The zero-order valence-electron chi connectivity index (χ0n) is 18.7. The molecule has 32 heavy (non-hydrogen) atoms. The molecule has 1 atom stereocenters. The Kier molecular flexibility index (Phi) is 7.82. The van der Waals surface area contributed by atoms with Crippen molar-refractivity contribution in [3.63, 3.8) is 0 Å². The van der Waals surface area contributed by atoms with Gasteiger partial charge in [0.2, 0.25) is 11.3 Å². The van der Waals surface area contributed by atoms with E-state index in [4.69, 9.17) is 18.9 Å². The number of methoxy groups -OCH3 is 3. The van der Waals surface area contributed by atoms with Crippen molar-refractivity contribution in [1.82, 2.24) is 5.32 Å². The zero-order chi connectivity index (χ0) is 24.2. The van der Waals surface area contributed by atoms with Crippen molar-refractivity contribution in [2.75, 3.05) is 27.9 Å². The van der Waals surface area contributed by atoms with Gasteiger partial charge in [0, 0.05) is 18.9 Å². The van der Waals surface area contributed by atoms with Gasteiger partial charge >= 0.3 is 6.18 Å². The molecule has 0 aliphatic heterocycles. The zero-order valence-corrected chi connectivity index (χ0v) is 18.7. The Morgan fingerprint density at radius 2 is 1.72 bits per heavy atom. The number of hydrogen-bond acceptors (Lipinski definition) is 6. The van der Waals surface area contributed by atoms with Crippen LogP contribution in [0.5, 0.6) is 5.75 Å². The topological polar surface area (TPSA) is 83.1 Å². The molecular weight excluding hydrogens is 431 g/mol. The van der Waals surface area contributed by atoms with Gasteiger partial charge in [-0.3, -0.25) is 9.59 Å². The van der Waals surface area contributed by atoms with Crippen molar-refractivity contribution in [3.8, 4) is 5.75 Å². The van der Waals surface area contributed by atoms with Crippen molar-refractivity contribution in [3.05, 3.63) is 56.3 Å². The van der Waals surface area contributed by atoms with Crippen molar-refractivity contribution in [2.24, 2.45) is 0 Å². The highest BCUT2D eigenvalue weighted by Crippen LogP contribution is 2.38. The Balaban J connectivity index is 2.88. The van der Waals surface area contributed by atoms with Gasteiger partial charge < -0.3 is 24.3 Å². The van der Waals surface area contributed by atoms with E-state index in [1.165, 1.54) is 47.3 Å². The highest BCUT2D eigenvalue weighted by atomic mass is 19.4. The van der Waals surface area contributed by atoms with E-state index in [1.54, 1.807) is 6.92 Å². The summed E-state index contributed by atoms with van der Waals surface area (Å²) in [6.07, 6.45) is -4.50. The fourth-order valence-electron chi connectivity index (χ4n) is 3.61. The molecule has 1 aliphatic carbocycles. The number of carbonyl (C=O) groups is 1. The Bertz CT molecular complexity index is 1010. The van der Waals surface area contributed by atoms with Crippen molar-refractivity contribution >= 4 is 11.5 Å². The van der Waals surface area contributed by atoms with Crippen molar-refractivity contribution in [1.29, 1.82) is 0 Å². The Morgan fingerprint density at radius 3 is 2.22 bits per heavy atom. The largest absolute Gasteiger partial charge is 0.497 e. The van der Waals surface area contributed by atoms with Gasteiger partial charge in [0.1, 0.15) is 5.76 Å². The van der Waals surface area contributed by atoms with Crippen molar-refractivity contribution < 1.29 is 36.9 Å². The second-order valence-corrected chi connectivity index (χ2v) is 7.21. The molecule has 176 valence electrons.